The molecule has 0 fully saturated rings. The van der Waals surface area contributed by atoms with Crippen LogP contribution in [0.25, 0.3) is 0 Å². The molecular weight excluding hydrogens is 462 g/mol. The molecule has 0 saturated carbocycles. The van der Waals surface area contributed by atoms with Crippen LogP contribution in [0.15, 0.2) is 42.5 Å². The van der Waals surface area contributed by atoms with Crippen molar-refractivity contribution in [2.45, 2.75) is 46.7 Å². The van der Waals surface area contributed by atoms with E-state index in [2.05, 4.69) is 5.32 Å². The minimum atomic E-state index is -3.77. The summed E-state index contributed by atoms with van der Waals surface area (Å²) in [5.41, 5.74) is 2.69. The first-order valence-electron chi connectivity index (χ1n) is 10.8. The van der Waals surface area contributed by atoms with Gasteiger partial charge in [0.1, 0.15) is 12.6 Å². The third kappa shape index (κ3) is 7.20. The van der Waals surface area contributed by atoms with Crippen molar-refractivity contribution < 1.29 is 18.0 Å². The van der Waals surface area contributed by atoms with Crippen molar-refractivity contribution >= 4 is 39.1 Å². The van der Waals surface area contributed by atoms with E-state index in [4.69, 9.17) is 11.6 Å². The van der Waals surface area contributed by atoms with Crippen molar-refractivity contribution in [3.63, 3.8) is 0 Å². The van der Waals surface area contributed by atoms with Gasteiger partial charge >= 0.3 is 0 Å². The van der Waals surface area contributed by atoms with Crippen LogP contribution in [0.3, 0.4) is 0 Å². The fraction of sp³-hybridized carbons (Fsp3) is 0.417. The molecule has 0 aliphatic rings. The molecule has 9 heteroatoms. The number of para-hydroxylation sites is 1. The largest absolute Gasteiger partial charge is 0.354 e. The van der Waals surface area contributed by atoms with Crippen LogP contribution in [0.4, 0.5) is 5.69 Å². The number of carbonyl (C=O) groups excluding carboxylic acids is 2. The Morgan fingerprint density at radius 2 is 1.70 bits per heavy atom. The number of carbonyl (C=O) groups is 2. The summed E-state index contributed by atoms with van der Waals surface area (Å²) in [5, 5.41) is 3.32. The fourth-order valence-corrected chi connectivity index (χ4v) is 4.76. The summed E-state index contributed by atoms with van der Waals surface area (Å²) in [7, 11) is -3.77. The maximum Gasteiger partial charge on any atom is 0.244 e. The first-order chi connectivity index (χ1) is 15.5. The predicted octanol–water partition coefficient (Wildman–Crippen LogP) is 3.67. The van der Waals surface area contributed by atoms with Crippen molar-refractivity contribution in [1.29, 1.82) is 0 Å². The SMILES string of the molecule is CCCNC(=O)[C@H](C)N(Cc1cccc(Cl)c1)C(=O)CN(c1c(C)cccc1C)S(C)(=O)=O. The van der Waals surface area contributed by atoms with Gasteiger partial charge < -0.3 is 10.2 Å². The van der Waals surface area contributed by atoms with E-state index >= 15 is 0 Å². The van der Waals surface area contributed by atoms with Crippen molar-refractivity contribution in [1.82, 2.24) is 10.2 Å². The summed E-state index contributed by atoms with van der Waals surface area (Å²) in [5.74, 6) is -0.785. The standard InChI is InChI=1S/C24H32ClN3O4S/c1-6-13-26-24(30)19(4)27(15-20-11-8-12-21(25)14-20)22(29)16-28(33(5,31)32)23-17(2)9-7-10-18(23)3/h7-12,14,19H,6,13,15-16H2,1-5H3,(H,26,30)/t19-/m0/s1. The number of rotatable bonds is 10. The van der Waals surface area contributed by atoms with E-state index < -0.39 is 28.5 Å². The van der Waals surface area contributed by atoms with Gasteiger partial charge in [0.15, 0.2) is 0 Å². The highest BCUT2D eigenvalue weighted by molar-refractivity contribution is 7.92. The Hall–Kier alpha value is -2.58. The maximum atomic E-state index is 13.5. The van der Waals surface area contributed by atoms with Crippen LogP contribution in [-0.4, -0.2) is 50.5 Å². The number of anilines is 1. The number of halogens is 1. The number of sulfonamides is 1. The fourth-order valence-electron chi connectivity index (χ4n) is 3.59. The lowest BCUT2D eigenvalue weighted by atomic mass is 10.1. The first-order valence-corrected chi connectivity index (χ1v) is 13.0. The molecular formula is C24H32ClN3O4S. The van der Waals surface area contributed by atoms with Crippen molar-refractivity contribution in [2.75, 3.05) is 23.7 Å². The van der Waals surface area contributed by atoms with Crippen LogP contribution in [0.1, 0.15) is 37.0 Å². The number of nitrogens with zero attached hydrogens (tertiary/aromatic N) is 2. The minimum Gasteiger partial charge on any atom is -0.354 e. The van der Waals surface area contributed by atoms with Crippen molar-refractivity contribution in [2.24, 2.45) is 0 Å². The highest BCUT2D eigenvalue weighted by Gasteiger charge is 2.31. The van der Waals surface area contributed by atoms with Crippen LogP contribution in [0.5, 0.6) is 0 Å². The van der Waals surface area contributed by atoms with Crippen LogP contribution in [-0.2, 0) is 26.2 Å². The Kier molecular flexibility index (Phi) is 9.31. The van der Waals surface area contributed by atoms with Gasteiger partial charge in [-0.05, 0) is 56.0 Å². The zero-order chi connectivity index (χ0) is 24.8. The normalized spacial score (nSPS) is 12.2. The second kappa shape index (κ2) is 11.5. The number of aryl methyl sites for hydroxylation is 2. The van der Waals surface area contributed by atoms with Gasteiger partial charge in [-0.3, -0.25) is 13.9 Å². The average Bonchev–Trinajstić information content (AvgIpc) is 2.73. The molecule has 2 rings (SSSR count). The second-order valence-corrected chi connectivity index (χ2v) is 10.5. The summed E-state index contributed by atoms with van der Waals surface area (Å²) in [4.78, 5) is 27.6. The maximum absolute atomic E-state index is 13.5. The number of nitrogens with one attached hydrogen (secondary N) is 1. The zero-order valence-electron chi connectivity index (χ0n) is 19.8. The van der Waals surface area contributed by atoms with Gasteiger partial charge in [0.05, 0.1) is 11.9 Å². The van der Waals surface area contributed by atoms with E-state index in [1.54, 1.807) is 51.1 Å². The van der Waals surface area contributed by atoms with Gasteiger partial charge in [-0.25, -0.2) is 8.42 Å². The van der Waals surface area contributed by atoms with Gasteiger partial charge in [0.2, 0.25) is 21.8 Å². The molecule has 0 aliphatic heterocycles. The summed E-state index contributed by atoms with van der Waals surface area (Å²) in [6.07, 6.45) is 1.83. The molecule has 2 aromatic carbocycles. The molecule has 0 saturated heterocycles. The lowest BCUT2D eigenvalue weighted by Gasteiger charge is -2.32. The molecule has 0 heterocycles. The van der Waals surface area contributed by atoms with Crippen molar-refractivity contribution in [3.8, 4) is 0 Å². The van der Waals surface area contributed by atoms with Gasteiger partial charge in [-0.1, -0.05) is 48.9 Å². The Morgan fingerprint density at radius 3 is 2.24 bits per heavy atom. The zero-order valence-corrected chi connectivity index (χ0v) is 21.3. The van der Waals surface area contributed by atoms with E-state index in [1.807, 2.05) is 19.1 Å². The number of amides is 2. The first kappa shape index (κ1) is 26.7. The van der Waals surface area contributed by atoms with E-state index in [1.165, 1.54) is 4.90 Å². The Labute approximate surface area is 201 Å². The number of hydrogen-bond acceptors (Lipinski definition) is 4. The quantitative estimate of drug-likeness (QED) is 0.547. The average molecular weight is 494 g/mol. The third-order valence-electron chi connectivity index (χ3n) is 5.33. The van der Waals surface area contributed by atoms with Gasteiger partial charge in [-0.15, -0.1) is 0 Å². The summed E-state index contributed by atoms with van der Waals surface area (Å²) in [6, 6.07) is 11.7. The highest BCUT2D eigenvalue weighted by atomic mass is 35.5. The van der Waals surface area contributed by atoms with E-state index in [-0.39, 0.29) is 12.5 Å². The lowest BCUT2D eigenvalue weighted by Crippen LogP contribution is -2.51. The van der Waals surface area contributed by atoms with Crippen LogP contribution in [0.2, 0.25) is 5.02 Å². The molecule has 2 amide bonds. The highest BCUT2D eigenvalue weighted by Crippen LogP contribution is 2.27. The Bertz CT molecular complexity index is 1080. The lowest BCUT2D eigenvalue weighted by molar-refractivity contribution is -0.139. The predicted molar refractivity (Wildman–Crippen MR) is 133 cm³/mol. The second-order valence-electron chi connectivity index (χ2n) is 8.13. The molecule has 33 heavy (non-hydrogen) atoms. The molecule has 0 aromatic heterocycles. The van der Waals surface area contributed by atoms with E-state index in [0.717, 1.165) is 33.7 Å². The molecule has 1 atom stereocenters. The van der Waals surface area contributed by atoms with Gasteiger partial charge in [0, 0.05) is 18.1 Å². The minimum absolute atomic E-state index is 0.116. The van der Waals surface area contributed by atoms with E-state index in [0.29, 0.717) is 17.3 Å². The smallest absolute Gasteiger partial charge is 0.244 e. The third-order valence-corrected chi connectivity index (χ3v) is 6.67. The van der Waals surface area contributed by atoms with Gasteiger partial charge in [0.25, 0.3) is 0 Å². The van der Waals surface area contributed by atoms with Crippen LogP contribution >= 0.6 is 11.6 Å². The molecule has 0 unspecified atom stereocenters. The summed E-state index contributed by atoms with van der Waals surface area (Å²) in [6.45, 7) is 7.36. The summed E-state index contributed by atoms with van der Waals surface area (Å²) >= 11 is 6.11. The molecule has 0 radical (unpaired) electrons. The monoisotopic (exact) mass is 493 g/mol. The van der Waals surface area contributed by atoms with Gasteiger partial charge in [-0.2, -0.15) is 0 Å². The molecule has 1 N–H and O–H groups in total. The number of hydrogen-bond donors (Lipinski definition) is 1. The summed E-state index contributed by atoms with van der Waals surface area (Å²) < 4.78 is 26.5. The van der Waals surface area contributed by atoms with Crippen molar-refractivity contribution in [3.05, 3.63) is 64.2 Å². The molecule has 0 spiro atoms. The molecule has 0 bridgehead atoms. The molecule has 7 nitrogen and oxygen atoms in total. The van der Waals surface area contributed by atoms with Crippen LogP contribution in [0, 0.1) is 13.8 Å². The Morgan fingerprint density at radius 1 is 1.09 bits per heavy atom. The molecule has 180 valence electrons. The van der Waals surface area contributed by atoms with E-state index in [9.17, 15) is 18.0 Å². The number of benzene rings is 2. The topological polar surface area (TPSA) is 86.8 Å². The molecule has 2 aromatic rings. The Balaban J connectivity index is 2.43. The molecule has 0 aliphatic carbocycles. The van der Waals surface area contributed by atoms with Crippen LogP contribution < -0.4 is 9.62 Å².